The van der Waals surface area contributed by atoms with Crippen LogP contribution in [0.5, 0.6) is 0 Å². The zero-order chi connectivity index (χ0) is 18.6. The van der Waals surface area contributed by atoms with Gasteiger partial charge in [0.15, 0.2) is 5.78 Å². The summed E-state index contributed by atoms with van der Waals surface area (Å²) in [4.78, 5) is 25.5. The van der Waals surface area contributed by atoms with E-state index in [9.17, 15) is 9.59 Å². The van der Waals surface area contributed by atoms with Crippen molar-refractivity contribution in [3.8, 4) is 0 Å². The lowest BCUT2D eigenvalue weighted by atomic mass is 9.95. The Kier molecular flexibility index (Phi) is 6.07. The van der Waals surface area contributed by atoms with Gasteiger partial charge in [-0.3, -0.25) is 9.59 Å². The molecule has 0 fully saturated rings. The van der Waals surface area contributed by atoms with Crippen LogP contribution >= 0.6 is 11.8 Å². The summed E-state index contributed by atoms with van der Waals surface area (Å²) in [6.07, 6.45) is 0. The van der Waals surface area contributed by atoms with Gasteiger partial charge in [-0.1, -0.05) is 38.5 Å². The van der Waals surface area contributed by atoms with Crippen molar-refractivity contribution in [2.75, 3.05) is 11.1 Å². The second-order valence-corrected chi connectivity index (χ2v) is 8.28. The molecule has 4 heteroatoms. The largest absolute Gasteiger partial charge is 0.326 e. The molecular weight excluding hydrogens is 330 g/mol. The fraction of sp³-hybridized carbons (Fsp3) is 0.333. The van der Waals surface area contributed by atoms with Crippen molar-refractivity contribution in [1.82, 2.24) is 0 Å². The monoisotopic (exact) mass is 355 g/mol. The molecule has 0 bridgehead atoms. The summed E-state index contributed by atoms with van der Waals surface area (Å²) in [5, 5.41) is 2.86. The first-order chi connectivity index (χ1) is 11.7. The average Bonchev–Trinajstić information content (AvgIpc) is 2.53. The maximum absolute atomic E-state index is 12.4. The quantitative estimate of drug-likeness (QED) is 0.587. The minimum absolute atomic E-state index is 0.0445. The standard InChI is InChI=1S/C21H25NO2S/c1-14-6-11-19(15(2)12-14)25-13-18(23)16-7-9-17(10-8-16)22-20(24)21(3,4)5/h6-12H,13H2,1-5H3,(H,22,24). The molecular formula is C21H25NO2S. The Morgan fingerprint density at radius 1 is 1.00 bits per heavy atom. The third kappa shape index (κ3) is 5.46. The summed E-state index contributed by atoms with van der Waals surface area (Å²) >= 11 is 1.56. The lowest BCUT2D eigenvalue weighted by Crippen LogP contribution is -2.27. The van der Waals surface area contributed by atoms with E-state index in [1.165, 1.54) is 11.1 Å². The molecule has 132 valence electrons. The molecule has 2 aromatic rings. The first-order valence-electron chi connectivity index (χ1n) is 8.31. The molecule has 2 rings (SSSR count). The zero-order valence-corrected chi connectivity index (χ0v) is 16.3. The zero-order valence-electron chi connectivity index (χ0n) is 15.5. The van der Waals surface area contributed by atoms with Gasteiger partial charge >= 0.3 is 0 Å². The van der Waals surface area contributed by atoms with Gasteiger partial charge in [-0.15, -0.1) is 11.8 Å². The third-order valence-corrected chi connectivity index (χ3v) is 5.01. The van der Waals surface area contributed by atoms with Crippen LogP contribution in [0.3, 0.4) is 0 Å². The Labute approximate surface area is 154 Å². The van der Waals surface area contributed by atoms with Crippen molar-refractivity contribution in [3.63, 3.8) is 0 Å². The van der Waals surface area contributed by atoms with E-state index in [0.29, 0.717) is 17.0 Å². The molecule has 3 nitrogen and oxygen atoms in total. The predicted molar refractivity (Wildman–Crippen MR) is 105 cm³/mol. The molecule has 0 saturated carbocycles. The Morgan fingerprint density at radius 2 is 1.64 bits per heavy atom. The maximum atomic E-state index is 12.4. The molecule has 0 aliphatic carbocycles. The number of ketones is 1. The molecule has 0 aliphatic rings. The number of aryl methyl sites for hydroxylation is 2. The maximum Gasteiger partial charge on any atom is 0.229 e. The summed E-state index contributed by atoms with van der Waals surface area (Å²) in [7, 11) is 0. The molecule has 0 heterocycles. The highest BCUT2D eigenvalue weighted by molar-refractivity contribution is 8.00. The van der Waals surface area contributed by atoms with Crippen LogP contribution in [0.1, 0.15) is 42.3 Å². The molecule has 2 aromatic carbocycles. The molecule has 0 saturated heterocycles. The van der Waals surface area contributed by atoms with E-state index in [2.05, 4.69) is 37.4 Å². The number of hydrogen-bond acceptors (Lipinski definition) is 3. The van der Waals surface area contributed by atoms with Crippen LogP contribution in [-0.4, -0.2) is 17.4 Å². The van der Waals surface area contributed by atoms with E-state index < -0.39 is 5.41 Å². The second kappa shape index (κ2) is 7.87. The molecule has 0 spiro atoms. The van der Waals surface area contributed by atoms with Crippen molar-refractivity contribution >= 4 is 29.1 Å². The normalized spacial score (nSPS) is 11.2. The number of carbonyl (C=O) groups is 2. The van der Waals surface area contributed by atoms with Crippen molar-refractivity contribution in [3.05, 3.63) is 59.2 Å². The lowest BCUT2D eigenvalue weighted by molar-refractivity contribution is -0.123. The van der Waals surface area contributed by atoms with Crippen LogP contribution in [0, 0.1) is 19.3 Å². The van der Waals surface area contributed by atoms with Crippen LogP contribution < -0.4 is 5.32 Å². The number of amides is 1. The van der Waals surface area contributed by atoms with E-state index in [1.54, 1.807) is 36.0 Å². The number of anilines is 1. The van der Waals surface area contributed by atoms with E-state index in [1.807, 2.05) is 20.8 Å². The molecule has 25 heavy (non-hydrogen) atoms. The summed E-state index contributed by atoms with van der Waals surface area (Å²) in [5.41, 5.74) is 3.33. The number of hydrogen-bond donors (Lipinski definition) is 1. The van der Waals surface area contributed by atoms with Crippen LogP contribution in [0.4, 0.5) is 5.69 Å². The molecule has 1 N–H and O–H groups in total. The minimum Gasteiger partial charge on any atom is -0.326 e. The highest BCUT2D eigenvalue weighted by Crippen LogP contribution is 2.24. The van der Waals surface area contributed by atoms with E-state index in [0.717, 1.165) is 4.90 Å². The Bertz CT molecular complexity index is 773. The average molecular weight is 356 g/mol. The molecule has 0 aromatic heterocycles. The summed E-state index contributed by atoms with van der Waals surface area (Å²) in [5.74, 6) is 0.438. The van der Waals surface area contributed by atoms with Crippen LogP contribution in [0.2, 0.25) is 0 Å². The summed E-state index contributed by atoms with van der Waals surface area (Å²) < 4.78 is 0. The Hall–Kier alpha value is -2.07. The van der Waals surface area contributed by atoms with Crippen molar-refractivity contribution in [2.45, 2.75) is 39.5 Å². The van der Waals surface area contributed by atoms with Gasteiger partial charge in [-0.25, -0.2) is 0 Å². The van der Waals surface area contributed by atoms with Gasteiger partial charge in [0, 0.05) is 21.6 Å². The van der Waals surface area contributed by atoms with Gasteiger partial charge in [-0.05, 0) is 49.7 Å². The van der Waals surface area contributed by atoms with Crippen LogP contribution in [-0.2, 0) is 4.79 Å². The molecule has 0 aliphatic heterocycles. The first-order valence-corrected chi connectivity index (χ1v) is 9.30. The summed E-state index contributed by atoms with van der Waals surface area (Å²) in [6, 6.07) is 13.3. The third-order valence-electron chi connectivity index (χ3n) is 3.84. The second-order valence-electron chi connectivity index (χ2n) is 7.26. The number of benzene rings is 2. The highest BCUT2D eigenvalue weighted by Gasteiger charge is 2.21. The SMILES string of the molecule is Cc1ccc(SCC(=O)c2ccc(NC(=O)C(C)(C)C)cc2)c(C)c1. The number of Topliss-reactive ketones (excluding diaryl/α,β-unsaturated/α-hetero) is 1. The number of rotatable bonds is 5. The summed E-state index contributed by atoms with van der Waals surface area (Å²) in [6.45, 7) is 9.72. The molecule has 0 radical (unpaired) electrons. The van der Waals surface area contributed by atoms with Crippen LogP contribution in [0.25, 0.3) is 0 Å². The molecule has 1 amide bonds. The van der Waals surface area contributed by atoms with Crippen molar-refractivity contribution < 1.29 is 9.59 Å². The number of carbonyl (C=O) groups excluding carboxylic acids is 2. The predicted octanol–water partition coefficient (Wildman–Crippen LogP) is 5.26. The Morgan fingerprint density at radius 3 is 2.20 bits per heavy atom. The van der Waals surface area contributed by atoms with Crippen molar-refractivity contribution in [1.29, 1.82) is 0 Å². The highest BCUT2D eigenvalue weighted by atomic mass is 32.2. The van der Waals surface area contributed by atoms with Gasteiger partial charge in [0.25, 0.3) is 0 Å². The Balaban J connectivity index is 1.97. The van der Waals surface area contributed by atoms with E-state index in [4.69, 9.17) is 0 Å². The van der Waals surface area contributed by atoms with E-state index in [-0.39, 0.29) is 11.7 Å². The lowest BCUT2D eigenvalue weighted by Gasteiger charge is -2.17. The van der Waals surface area contributed by atoms with Crippen LogP contribution in [0.15, 0.2) is 47.4 Å². The van der Waals surface area contributed by atoms with E-state index >= 15 is 0 Å². The molecule has 0 unspecified atom stereocenters. The topological polar surface area (TPSA) is 46.2 Å². The fourth-order valence-electron chi connectivity index (χ4n) is 2.25. The molecule has 0 atom stereocenters. The number of thioether (sulfide) groups is 1. The van der Waals surface area contributed by atoms with Gasteiger partial charge < -0.3 is 5.32 Å². The van der Waals surface area contributed by atoms with Gasteiger partial charge in [0.05, 0.1) is 5.75 Å². The van der Waals surface area contributed by atoms with Gasteiger partial charge in [0.2, 0.25) is 5.91 Å². The minimum atomic E-state index is -0.447. The fourth-order valence-corrected chi connectivity index (χ4v) is 3.15. The van der Waals surface area contributed by atoms with Gasteiger partial charge in [0.1, 0.15) is 0 Å². The smallest absolute Gasteiger partial charge is 0.229 e. The number of nitrogens with one attached hydrogen (secondary N) is 1. The van der Waals surface area contributed by atoms with Gasteiger partial charge in [-0.2, -0.15) is 0 Å². The first kappa shape index (κ1) is 19.3. The van der Waals surface area contributed by atoms with Crippen molar-refractivity contribution in [2.24, 2.45) is 5.41 Å².